The van der Waals surface area contributed by atoms with Crippen LogP contribution in [-0.4, -0.2) is 27.0 Å². The number of hydrogen-bond donors (Lipinski definition) is 2. The van der Waals surface area contributed by atoms with Gasteiger partial charge >= 0.3 is 0 Å². The Labute approximate surface area is 191 Å². The molecular weight excluding hydrogens is 406 g/mol. The molecule has 0 fully saturated rings. The number of carbonyl (C=O) groups is 1. The standard InChI is InChI=1S/C22H25N3S.C2H6.CH2O2/c1-17(16-18(2)25-26-22(3,4)5)24-21-13-10-19(11-14-21)9-12-20-8-6-7-15-23-20;1-2;2-1-3/h6-8,10-11,13-16,25H,1-5H3;1-2H3;1H,(H,2,3)/b18-16+,24-17?;;. The van der Waals surface area contributed by atoms with Crippen LogP contribution in [0, 0.1) is 11.8 Å². The van der Waals surface area contributed by atoms with E-state index in [0.717, 1.165) is 28.4 Å². The summed E-state index contributed by atoms with van der Waals surface area (Å²) >= 11 is 1.70. The maximum atomic E-state index is 8.36. The van der Waals surface area contributed by atoms with E-state index in [1.54, 1.807) is 18.1 Å². The van der Waals surface area contributed by atoms with E-state index in [1.165, 1.54) is 0 Å². The van der Waals surface area contributed by atoms with Crippen LogP contribution in [-0.2, 0) is 4.79 Å². The minimum atomic E-state index is -0.250. The molecule has 166 valence electrons. The molecule has 0 saturated carbocycles. The molecule has 0 radical (unpaired) electrons. The lowest BCUT2D eigenvalue weighted by Gasteiger charge is -2.18. The van der Waals surface area contributed by atoms with Gasteiger partial charge in [0.15, 0.2) is 0 Å². The Morgan fingerprint density at radius 2 is 1.71 bits per heavy atom. The van der Waals surface area contributed by atoms with Crippen LogP contribution < -0.4 is 4.72 Å². The summed E-state index contributed by atoms with van der Waals surface area (Å²) < 4.78 is 3.53. The summed E-state index contributed by atoms with van der Waals surface area (Å²) in [6.07, 6.45) is 3.79. The zero-order chi connectivity index (χ0) is 23.7. The quantitative estimate of drug-likeness (QED) is 0.255. The molecule has 0 aliphatic carbocycles. The van der Waals surface area contributed by atoms with Gasteiger partial charge in [-0.25, -0.2) is 4.98 Å². The maximum absolute atomic E-state index is 8.36. The number of benzene rings is 1. The largest absolute Gasteiger partial charge is 0.483 e. The summed E-state index contributed by atoms with van der Waals surface area (Å²) in [4.78, 5) is 17.2. The number of carboxylic acid groups (broad SMARTS) is 1. The fourth-order valence-corrected chi connectivity index (χ4v) is 2.53. The zero-order valence-corrected chi connectivity index (χ0v) is 20.2. The smallest absolute Gasteiger partial charge is 0.290 e. The second-order valence-corrected chi connectivity index (χ2v) is 8.65. The minimum absolute atomic E-state index is 0.173. The average molecular weight is 440 g/mol. The minimum Gasteiger partial charge on any atom is -0.483 e. The zero-order valence-electron chi connectivity index (χ0n) is 19.4. The van der Waals surface area contributed by atoms with Gasteiger partial charge in [-0.05, 0) is 95.0 Å². The molecule has 31 heavy (non-hydrogen) atoms. The Morgan fingerprint density at radius 1 is 1.10 bits per heavy atom. The van der Waals surface area contributed by atoms with Crippen molar-refractivity contribution in [3.63, 3.8) is 0 Å². The Balaban J connectivity index is 0.00000165. The fraction of sp³-hybridized carbons (Fsp3) is 0.320. The lowest BCUT2D eigenvalue weighted by molar-refractivity contribution is -0.122. The topological polar surface area (TPSA) is 74.6 Å². The van der Waals surface area contributed by atoms with Crippen LogP contribution in [0.15, 0.2) is 65.4 Å². The highest BCUT2D eigenvalue weighted by atomic mass is 32.2. The summed E-state index contributed by atoms with van der Waals surface area (Å²) in [6.45, 7) is 14.3. The monoisotopic (exact) mass is 439 g/mol. The molecule has 5 nitrogen and oxygen atoms in total. The van der Waals surface area contributed by atoms with E-state index in [1.807, 2.05) is 76.2 Å². The van der Waals surface area contributed by atoms with Crippen molar-refractivity contribution >= 4 is 29.8 Å². The van der Waals surface area contributed by atoms with Gasteiger partial charge in [0.25, 0.3) is 6.47 Å². The summed E-state index contributed by atoms with van der Waals surface area (Å²) in [5.41, 5.74) is 4.67. The van der Waals surface area contributed by atoms with Gasteiger partial charge < -0.3 is 9.83 Å². The van der Waals surface area contributed by atoms with E-state index in [4.69, 9.17) is 9.90 Å². The molecule has 6 heteroatoms. The van der Waals surface area contributed by atoms with E-state index >= 15 is 0 Å². The van der Waals surface area contributed by atoms with E-state index in [2.05, 4.69) is 47.3 Å². The number of nitrogens with one attached hydrogen (secondary N) is 1. The van der Waals surface area contributed by atoms with Crippen molar-refractivity contribution in [2.75, 3.05) is 0 Å². The Hall–Kier alpha value is -3.04. The number of aliphatic imine (C=N–C) groups is 1. The fourth-order valence-electron chi connectivity index (χ4n) is 2.00. The molecular formula is C25H33N3O2S. The molecule has 0 aliphatic heterocycles. The molecule has 2 N–H and O–H groups in total. The van der Waals surface area contributed by atoms with Crippen molar-refractivity contribution in [2.24, 2.45) is 4.99 Å². The highest BCUT2D eigenvalue weighted by Crippen LogP contribution is 2.21. The second kappa shape index (κ2) is 15.8. The molecule has 1 heterocycles. The van der Waals surface area contributed by atoms with Gasteiger partial charge in [-0.15, -0.1) is 0 Å². The number of hydrogen-bond acceptors (Lipinski definition) is 5. The highest BCUT2D eigenvalue weighted by Gasteiger charge is 2.10. The second-order valence-electron chi connectivity index (χ2n) is 7.01. The van der Waals surface area contributed by atoms with E-state index in [9.17, 15) is 0 Å². The summed E-state index contributed by atoms with van der Waals surface area (Å²) in [7, 11) is 0. The Bertz CT molecular complexity index is 888. The molecule has 0 amide bonds. The number of rotatable bonds is 4. The summed E-state index contributed by atoms with van der Waals surface area (Å²) in [5.74, 6) is 6.18. The lowest BCUT2D eigenvalue weighted by atomic mass is 10.2. The average Bonchev–Trinajstić information content (AvgIpc) is 2.74. The predicted octanol–water partition coefficient (Wildman–Crippen LogP) is 6.24. The first-order valence-corrected chi connectivity index (χ1v) is 10.8. The molecule has 0 spiro atoms. The van der Waals surface area contributed by atoms with Gasteiger partial charge in [0.1, 0.15) is 5.69 Å². The van der Waals surface area contributed by atoms with E-state index in [-0.39, 0.29) is 11.2 Å². The molecule has 0 atom stereocenters. The molecule has 1 aromatic carbocycles. The SMILES string of the molecule is CC.CC(/C=C(\C)NSC(C)(C)C)=Nc1ccc(C#Cc2ccccn2)cc1.O=CO. The van der Waals surface area contributed by atoms with Gasteiger partial charge in [-0.3, -0.25) is 9.79 Å². The predicted molar refractivity (Wildman–Crippen MR) is 134 cm³/mol. The third-order valence-electron chi connectivity index (χ3n) is 3.12. The third kappa shape index (κ3) is 14.6. The first-order valence-electron chi connectivity index (χ1n) is 10.0. The molecule has 1 aromatic heterocycles. The van der Waals surface area contributed by atoms with Gasteiger partial charge in [0.05, 0.1) is 5.69 Å². The van der Waals surface area contributed by atoms with Crippen LogP contribution in [0.3, 0.4) is 0 Å². The van der Waals surface area contributed by atoms with Crippen molar-refractivity contribution in [3.05, 3.63) is 71.7 Å². The van der Waals surface area contributed by atoms with Crippen molar-refractivity contribution in [1.29, 1.82) is 0 Å². The van der Waals surface area contributed by atoms with E-state index in [0.29, 0.717) is 0 Å². The highest BCUT2D eigenvalue weighted by molar-refractivity contribution is 7.98. The first kappa shape index (κ1) is 28.0. The van der Waals surface area contributed by atoms with Gasteiger partial charge in [-0.2, -0.15) is 0 Å². The van der Waals surface area contributed by atoms with Gasteiger partial charge in [0.2, 0.25) is 0 Å². The van der Waals surface area contributed by atoms with Crippen LogP contribution in [0.5, 0.6) is 0 Å². The summed E-state index contributed by atoms with van der Waals surface area (Å²) in [6, 6.07) is 13.6. The van der Waals surface area contributed by atoms with Crippen LogP contribution in [0.25, 0.3) is 0 Å². The summed E-state index contributed by atoms with van der Waals surface area (Å²) in [5, 5.41) is 6.89. The molecule has 0 unspecified atom stereocenters. The first-order chi connectivity index (χ1) is 14.7. The van der Waals surface area contributed by atoms with Crippen LogP contribution in [0.1, 0.15) is 59.7 Å². The van der Waals surface area contributed by atoms with Crippen molar-refractivity contribution in [1.82, 2.24) is 9.71 Å². The normalized spacial score (nSPS) is 10.9. The van der Waals surface area contributed by atoms with E-state index < -0.39 is 0 Å². The van der Waals surface area contributed by atoms with Crippen molar-refractivity contribution < 1.29 is 9.90 Å². The number of nitrogens with zero attached hydrogens (tertiary/aromatic N) is 2. The molecule has 0 bridgehead atoms. The molecule has 0 aliphatic rings. The molecule has 2 rings (SSSR count). The number of allylic oxidation sites excluding steroid dienone is 2. The van der Waals surface area contributed by atoms with Gasteiger partial charge in [-0.1, -0.05) is 25.8 Å². The molecule has 0 saturated heterocycles. The van der Waals surface area contributed by atoms with Crippen molar-refractivity contribution in [3.8, 4) is 11.8 Å². The number of pyridine rings is 1. The van der Waals surface area contributed by atoms with Crippen molar-refractivity contribution in [2.45, 2.75) is 53.2 Å². The van der Waals surface area contributed by atoms with Crippen LogP contribution in [0.2, 0.25) is 0 Å². The Morgan fingerprint density at radius 3 is 2.23 bits per heavy atom. The van der Waals surface area contributed by atoms with Crippen LogP contribution in [0.4, 0.5) is 5.69 Å². The van der Waals surface area contributed by atoms with Crippen LogP contribution >= 0.6 is 11.9 Å². The molecule has 2 aromatic rings. The maximum Gasteiger partial charge on any atom is 0.290 e. The van der Waals surface area contributed by atoms with Gasteiger partial charge in [0, 0.05) is 27.9 Å². The lowest BCUT2D eigenvalue weighted by Crippen LogP contribution is -2.16. The Kier molecular flexibility index (Phi) is 14.2. The number of aromatic nitrogens is 1. The third-order valence-corrected chi connectivity index (χ3v) is 4.15.